The van der Waals surface area contributed by atoms with Crippen molar-refractivity contribution in [2.24, 2.45) is 5.73 Å². The molecule has 11 heteroatoms. The zero-order chi connectivity index (χ0) is 16.4. The third-order valence-electron chi connectivity index (χ3n) is 3.30. The van der Waals surface area contributed by atoms with E-state index in [9.17, 15) is 23.3 Å². The summed E-state index contributed by atoms with van der Waals surface area (Å²) in [7, 11) is -3.78. The summed E-state index contributed by atoms with van der Waals surface area (Å²) >= 11 is 0. The van der Waals surface area contributed by atoms with E-state index in [-0.39, 0.29) is 42.0 Å². The van der Waals surface area contributed by atoms with Gasteiger partial charge in [-0.25, -0.2) is 13.1 Å². The summed E-state index contributed by atoms with van der Waals surface area (Å²) in [5.41, 5.74) is 4.70. The van der Waals surface area contributed by atoms with E-state index in [1.54, 1.807) is 0 Å². The molecular formula is C12H17ClN4O5S. The van der Waals surface area contributed by atoms with Gasteiger partial charge in [-0.1, -0.05) is 0 Å². The van der Waals surface area contributed by atoms with E-state index >= 15 is 0 Å². The van der Waals surface area contributed by atoms with Crippen LogP contribution >= 0.6 is 12.4 Å². The number of nitrogens with zero attached hydrogens (tertiary/aromatic N) is 1. The number of nitro benzene ring substituents is 1. The number of sulfonamides is 1. The molecule has 1 fully saturated rings. The lowest BCUT2D eigenvalue weighted by Crippen LogP contribution is -2.45. The Bertz CT molecular complexity index is 688. The average molecular weight is 365 g/mol. The highest BCUT2D eigenvalue weighted by molar-refractivity contribution is 7.89. The Morgan fingerprint density at radius 3 is 2.30 bits per heavy atom. The predicted octanol–water partition coefficient (Wildman–Crippen LogP) is -0.0976. The van der Waals surface area contributed by atoms with E-state index in [4.69, 9.17) is 5.73 Å². The molecule has 128 valence electrons. The van der Waals surface area contributed by atoms with E-state index < -0.39 is 20.5 Å². The van der Waals surface area contributed by atoms with E-state index in [1.165, 1.54) is 0 Å². The van der Waals surface area contributed by atoms with Crippen LogP contribution in [-0.4, -0.2) is 37.9 Å². The van der Waals surface area contributed by atoms with Gasteiger partial charge in [0.2, 0.25) is 15.9 Å². The van der Waals surface area contributed by atoms with Gasteiger partial charge in [-0.05, 0) is 25.0 Å². The van der Waals surface area contributed by atoms with Crippen molar-refractivity contribution in [1.29, 1.82) is 0 Å². The van der Waals surface area contributed by atoms with Crippen LogP contribution in [-0.2, 0) is 14.8 Å². The fourth-order valence-corrected chi connectivity index (χ4v) is 2.76. The maximum absolute atomic E-state index is 11.9. The van der Waals surface area contributed by atoms with E-state index in [0.29, 0.717) is 12.8 Å². The highest BCUT2D eigenvalue weighted by Crippen LogP contribution is 2.31. The first-order valence-corrected chi connectivity index (χ1v) is 8.04. The van der Waals surface area contributed by atoms with E-state index in [2.05, 4.69) is 10.0 Å². The number of non-ortho nitro benzene ring substituents is 1. The van der Waals surface area contributed by atoms with Gasteiger partial charge in [-0.3, -0.25) is 14.9 Å². The summed E-state index contributed by atoms with van der Waals surface area (Å²) in [6.07, 6.45) is 1.26. The second-order valence-electron chi connectivity index (χ2n) is 5.06. The van der Waals surface area contributed by atoms with Gasteiger partial charge in [0.05, 0.1) is 15.4 Å². The second kappa shape index (κ2) is 7.21. The van der Waals surface area contributed by atoms with Crippen LogP contribution in [0.5, 0.6) is 0 Å². The maximum Gasteiger partial charge on any atom is 0.269 e. The van der Waals surface area contributed by atoms with Crippen molar-refractivity contribution in [3.05, 3.63) is 34.4 Å². The molecule has 23 heavy (non-hydrogen) atoms. The molecule has 2 rings (SSSR count). The molecule has 1 aromatic carbocycles. The topological polar surface area (TPSA) is 144 Å². The monoisotopic (exact) mass is 364 g/mol. The normalized spacial score (nSPS) is 15.3. The Hall–Kier alpha value is -1.75. The van der Waals surface area contributed by atoms with Crippen LogP contribution in [0.25, 0.3) is 0 Å². The second-order valence-corrected chi connectivity index (χ2v) is 6.83. The molecular weight excluding hydrogens is 348 g/mol. The summed E-state index contributed by atoms with van der Waals surface area (Å²) in [4.78, 5) is 21.4. The van der Waals surface area contributed by atoms with Crippen LogP contribution in [0.2, 0.25) is 0 Å². The lowest BCUT2D eigenvalue weighted by atomic mass is 10.3. The predicted molar refractivity (Wildman–Crippen MR) is 84.7 cm³/mol. The number of nitrogens with two attached hydrogens (primary N) is 1. The van der Waals surface area contributed by atoms with E-state index in [0.717, 1.165) is 24.3 Å². The molecule has 0 saturated heterocycles. The zero-order valence-electron chi connectivity index (χ0n) is 12.0. The molecule has 1 aromatic rings. The Kier molecular flexibility index (Phi) is 6.05. The lowest BCUT2D eigenvalue weighted by molar-refractivity contribution is -0.384. The minimum atomic E-state index is -3.78. The van der Waals surface area contributed by atoms with Crippen LogP contribution in [0.15, 0.2) is 29.2 Å². The number of benzene rings is 1. The highest BCUT2D eigenvalue weighted by Gasteiger charge is 2.45. The molecule has 1 aliphatic rings. The first-order valence-electron chi connectivity index (χ1n) is 6.56. The van der Waals surface area contributed by atoms with E-state index in [1.807, 2.05) is 0 Å². The van der Waals surface area contributed by atoms with Gasteiger partial charge in [0.15, 0.2) is 0 Å². The van der Waals surface area contributed by atoms with Gasteiger partial charge in [0.1, 0.15) is 0 Å². The molecule has 1 saturated carbocycles. The molecule has 0 atom stereocenters. The molecule has 9 nitrogen and oxygen atoms in total. The van der Waals surface area contributed by atoms with Crippen molar-refractivity contribution in [1.82, 2.24) is 10.0 Å². The quantitative estimate of drug-likeness (QED) is 0.350. The molecule has 0 bridgehead atoms. The van der Waals surface area contributed by atoms with Gasteiger partial charge in [0.25, 0.3) is 5.69 Å². The van der Waals surface area contributed by atoms with Crippen LogP contribution in [0.1, 0.15) is 12.8 Å². The standard InChI is InChI=1S/C12H16N4O5S.ClH/c13-12(5-6-12)11(17)14-7-8-15-22(20,21)10-3-1-9(2-4-10)16(18)19;/h1-4,15H,5-8,13H2,(H,14,17);1H. The molecule has 0 aliphatic heterocycles. The van der Waals surface area contributed by atoms with Gasteiger partial charge in [-0.2, -0.15) is 0 Å². The fourth-order valence-electron chi connectivity index (χ4n) is 1.73. The van der Waals surface area contributed by atoms with Crippen molar-refractivity contribution >= 4 is 34.0 Å². The summed E-state index contributed by atoms with van der Waals surface area (Å²) in [6, 6.07) is 4.53. The van der Waals surface area contributed by atoms with Gasteiger partial charge < -0.3 is 11.1 Å². The first kappa shape index (κ1) is 19.3. The summed E-state index contributed by atoms with van der Waals surface area (Å²) in [5, 5.41) is 13.1. The Labute approximate surface area is 139 Å². The SMILES string of the molecule is Cl.NC1(C(=O)NCCNS(=O)(=O)c2ccc([N+](=O)[O-])cc2)CC1. The number of halogens is 1. The zero-order valence-corrected chi connectivity index (χ0v) is 13.7. The number of hydrogen-bond acceptors (Lipinski definition) is 6. The fraction of sp³-hybridized carbons (Fsp3) is 0.417. The van der Waals surface area contributed by atoms with Crippen LogP contribution in [0, 0.1) is 10.1 Å². The van der Waals surface area contributed by atoms with Crippen molar-refractivity contribution in [3.8, 4) is 0 Å². The van der Waals surface area contributed by atoms with Crippen LogP contribution in [0.3, 0.4) is 0 Å². The van der Waals surface area contributed by atoms with Crippen molar-refractivity contribution in [2.45, 2.75) is 23.3 Å². The number of hydrogen-bond donors (Lipinski definition) is 3. The van der Waals surface area contributed by atoms with Gasteiger partial charge in [0, 0.05) is 25.2 Å². The van der Waals surface area contributed by atoms with Crippen molar-refractivity contribution in [3.63, 3.8) is 0 Å². The highest BCUT2D eigenvalue weighted by atomic mass is 35.5. The molecule has 0 radical (unpaired) electrons. The van der Waals surface area contributed by atoms with Crippen LogP contribution < -0.4 is 15.8 Å². The first-order chi connectivity index (χ1) is 10.2. The lowest BCUT2D eigenvalue weighted by Gasteiger charge is -2.11. The Balaban J connectivity index is 0.00000264. The number of nitrogens with one attached hydrogen (secondary N) is 2. The van der Waals surface area contributed by atoms with Crippen LogP contribution in [0.4, 0.5) is 5.69 Å². The number of carbonyl (C=O) groups excluding carboxylic acids is 1. The molecule has 0 unspecified atom stereocenters. The average Bonchev–Trinajstić information content (AvgIpc) is 3.22. The summed E-state index contributed by atoms with van der Waals surface area (Å²) < 4.78 is 26.2. The van der Waals surface area contributed by atoms with Crippen molar-refractivity contribution < 1.29 is 18.1 Å². The number of carbonyl (C=O) groups is 1. The number of rotatable bonds is 7. The van der Waals surface area contributed by atoms with Crippen molar-refractivity contribution in [2.75, 3.05) is 13.1 Å². The molecule has 0 aromatic heterocycles. The minimum absolute atomic E-state index is 0. The molecule has 0 heterocycles. The molecule has 1 aliphatic carbocycles. The largest absolute Gasteiger partial charge is 0.353 e. The van der Waals surface area contributed by atoms with Gasteiger partial charge in [-0.15, -0.1) is 12.4 Å². The third kappa shape index (κ3) is 4.86. The summed E-state index contributed by atoms with van der Waals surface area (Å²) in [6.45, 7) is 0.116. The summed E-state index contributed by atoms with van der Waals surface area (Å²) in [5.74, 6) is -0.290. The molecule has 4 N–H and O–H groups in total. The Morgan fingerprint density at radius 1 is 1.26 bits per heavy atom. The third-order valence-corrected chi connectivity index (χ3v) is 4.78. The van der Waals surface area contributed by atoms with Gasteiger partial charge >= 0.3 is 0 Å². The molecule has 1 amide bonds. The Morgan fingerprint density at radius 2 is 1.83 bits per heavy atom. The number of nitro groups is 1. The minimum Gasteiger partial charge on any atom is -0.353 e. The maximum atomic E-state index is 11.9. The number of amides is 1. The molecule has 0 spiro atoms. The smallest absolute Gasteiger partial charge is 0.269 e.